The Morgan fingerprint density at radius 1 is 1.08 bits per heavy atom. The van der Waals surface area contributed by atoms with Gasteiger partial charge in [-0.15, -0.1) is 0 Å². The van der Waals surface area contributed by atoms with Crippen molar-refractivity contribution in [2.45, 2.75) is 32.4 Å². The Labute approximate surface area is 147 Å². The van der Waals surface area contributed by atoms with Crippen LogP contribution < -0.4 is 10.1 Å². The maximum absolute atomic E-state index is 5.56. The standard InChI is InChI=1S/C20H22N4O/c1-3-25-17-10-8-16(9-11-17)19-12-18(15-6-4-14(2)5-7-15)23-20-21-13-22-24(19)20/h4-11,13,18-19H,3,12H2,1-2H3,(H,21,22,23)/t18-,19-/m1/s1. The molecule has 2 atom stereocenters. The van der Waals surface area contributed by atoms with Gasteiger partial charge in [-0.2, -0.15) is 10.1 Å². The number of hydrogen-bond donors (Lipinski definition) is 1. The average Bonchev–Trinajstić information content (AvgIpc) is 3.11. The van der Waals surface area contributed by atoms with Crippen LogP contribution in [0.2, 0.25) is 0 Å². The molecule has 4 rings (SSSR count). The summed E-state index contributed by atoms with van der Waals surface area (Å²) in [4.78, 5) is 4.39. The van der Waals surface area contributed by atoms with Crippen LogP contribution in [0.25, 0.3) is 0 Å². The van der Waals surface area contributed by atoms with E-state index in [-0.39, 0.29) is 12.1 Å². The fraction of sp³-hybridized carbons (Fsp3) is 0.300. The predicted molar refractivity (Wildman–Crippen MR) is 97.9 cm³/mol. The third-order valence-electron chi connectivity index (χ3n) is 4.69. The van der Waals surface area contributed by atoms with E-state index in [4.69, 9.17) is 4.74 Å². The molecule has 0 saturated heterocycles. The van der Waals surface area contributed by atoms with Crippen LogP contribution in [0.15, 0.2) is 54.9 Å². The summed E-state index contributed by atoms with van der Waals surface area (Å²) in [6, 6.07) is 17.4. The number of ether oxygens (including phenoxy) is 1. The van der Waals surface area contributed by atoms with Gasteiger partial charge in [0.1, 0.15) is 12.1 Å². The first-order valence-corrected chi connectivity index (χ1v) is 8.70. The zero-order chi connectivity index (χ0) is 17.2. The summed E-state index contributed by atoms with van der Waals surface area (Å²) < 4.78 is 7.53. The Kier molecular flexibility index (Phi) is 4.14. The summed E-state index contributed by atoms with van der Waals surface area (Å²) in [6.45, 7) is 4.78. The Morgan fingerprint density at radius 3 is 2.52 bits per heavy atom. The van der Waals surface area contributed by atoms with Crippen molar-refractivity contribution >= 4 is 5.95 Å². The van der Waals surface area contributed by atoms with Crippen LogP contribution in [-0.2, 0) is 0 Å². The van der Waals surface area contributed by atoms with E-state index in [1.807, 2.05) is 23.7 Å². The molecule has 0 saturated carbocycles. The van der Waals surface area contributed by atoms with Gasteiger partial charge in [0.05, 0.1) is 18.7 Å². The molecule has 0 amide bonds. The Hall–Kier alpha value is -2.82. The molecule has 0 spiro atoms. The van der Waals surface area contributed by atoms with Crippen molar-refractivity contribution in [1.29, 1.82) is 0 Å². The summed E-state index contributed by atoms with van der Waals surface area (Å²) >= 11 is 0. The molecule has 5 heteroatoms. The molecule has 128 valence electrons. The molecule has 2 heterocycles. The maximum Gasteiger partial charge on any atom is 0.222 e. The van der Waals surface area contributed by atoms with Crippen molar-refractivity contribution in [2.75, 3.05) is 11.9 Å². The number of anilines is 1. The van der Waals surface area contributed by atoms with Gasteiger partial charge in [-0.05, 0) is 43.5 Å². The largest absolute Gasteiger partial charge is 0.494 e. The third-order valence-corrected chi connectivity index (χ3v) is 4.69. The molecular weight excluding hydrogens is 312 g/mol. The smallest absolute Gasteiger partial charge is 0.222 e. The molecule has 1 N–H and O–H groups in total. The first-order valence-electron chi connectivity index (χ1n) is 8.70. The summed E-state index contributed by atoms with van der Waals surface area (Å²) in [5.41, 5.74) is 3.76. The van der Waals surface area contributed by atoms with Gasteiger partial charge >= 0.3 is 0 Å². The van der Waals surface area contributed by atoms with Crippen molar-refractivity contribution in [2.24, 2.45) is 0 Å². The maximum atomic E-state index is 5.56. The average molecular weight is 334 g/mol. The monoisotopic (exact) mass is 334 g/mol. The second-order valence-corrected chi connectivity index (χ2v) is 6.39. The number of aryl methyl sites for hydroxylation is 1. The Bertz CT molecular complexity index is 839. The second kappa shape index (κ2) is 6.59. The molecule has 1 aliphatic heterocycles. The minimum absolute atomic E-state index is 0.153. The van der Waals surface area contributed by atoms with Gasteiger partial charge in [-0.25, -0.2) is 4.68 Å². The minimum atomic E-state index is 0.153. The Balaban J connectivity index is 1.65. The summed E-state index contributed by atoms with van der Waals surface area (Å²) in [6.07, 6.45) is 2.54. The highest BCUT2D eigenvalue weighted by molar-refractivity contribution is 5.39. The molecule has 3 aromatic rings. The molecule has 0 fully saturated rings. The second-order valence-electron chi connectivity index (χ2n) is 6.39. The van der Waals surface area contributed by atoms with Gasteiger partial charge in [0.15, 0.2) is 0 Å². The van der Waals surface area contributed by atoms with E-state index in [0.29, 0.717) is 6.61 Å². The third kappa shape index (κ3) is 3.09. The summed E-state index contributed by atoms with van der Waals surface area (Å²) in [5.74, 6) is 1.71. The van der Waals surface area contributed by atoms with Gasteiger partial charge in [0.25, 0.3) is 0 Å². The van der Waals surface area contributed by atoms with E-state index in [2.05, 4.69) is 58.7 Å². The number of benzene rings is 2. The molecule has 1 aliphatic rings. The lowest BCUT2D eigenvalue weighted by molar-refractivity contribution is 0.340. The first-order chi connectivity index (χ1) is 12.2. The van der Waals surface area contributed by atoms with Crippen LogP contribution in [0.1, 0.15) is 42.1 Å². The van der Waals surface area contributed by atoms with Crippen LogP contribution in [0.3, 0.4) is 0 Å². The molecule has 0 bridgehead atoms. The van der Waals surface area contributed by atoms with Gasteiger partial charge in [0.2, 0.25) is 5.95 Å². The van der Waals surface area contributed by atoms with E-state index in [0.717, 1.165) is 18.1 Å². The number of hydrogen-bond acceptors (Lipinski definition) is 4. The van der Waals surface area contributed by atoms with Crippen molar-refractivity contribution < 1.29 is 4.74 Å². The molecule has 2 aromatic carbocycles. The Morgan fingerprint density at radius 2 is 1.80 bits per heavy atom. The molecule has 25 heavy (non-hydrogen) atoms. The van der Waals surface area contributed by atoms with Gasteiger partial charge < -0.3 is 10.1 Å². The van der Waals surface area contributed by atoms with E-state index >= 15 is 0 Å². The van der Waals surface area contributed by atoms with Crippen molar-refractivity contribution in [3.05, 3.63) is 71.5 Å². The van der Waals surface area contributed by atoms with Crippen LogP contribution in [0, 0.1) is 6.92 Å². The first kappa shape index (κ1) is 15.7. The van der Waals surface area contributed by atoms with Crippen molar-refractivity contribution in [1.82, 2.24) is 14.8 Å². The number of nitrogens with one attached hydrogen (secondary N) is 1. The van der Waals surface area contributed by atoms with E-state index < -0.39 is 0 Å². The van der Waals surface area contributed by atoms with Gasteiger partial charge in [0, 0.05) is 0 Å². The quantitative estimate of drug-likeness (QED) is 0.779. The highest BCUT2D eigenvalue weighted by Gasteiger charge is 2.29. The summed E-state index contributed by atoms with van der Waals surface area (Å²) in [5, 5.41) is 7.94. The van der Waals surface area contributed by atoms with Crippen molar-refractivity contribution in [3.8, 4) is 5.75 Å². The molecule has 0 radical (unpaired) electrons. The molecule has 1 aromatic heterocycles. The highest BCUT2D eigenvalue weighted by atomic mass is 16.5. The minimum Gasteiger partial charge on any atom is -0.494 e. The normalized spacial score (nSPS) is 19.1. The number of rotatable bonds is 4. The molecule has 0 aliphatic carbocycles. The fourth-order valence-electron chi connectivity index (χ4n) is 3.37. The lowest BCUT2D eigenvalue weighted by Crippen LogP contribution is -2.28. The number of aromatic nitrogens is 3. The number of fused-ring (bicyclic) bond motifs is 1. The topological polar surface area (TPSA) is 52.0 Å². The van der Waals surface area contributed by atoms with Crippen LogP contribution in [-0.4, -0.2) is 21.4 Å². The van der Waals surface area contributed by atoms with E-state index in [1.54, 1.807) is 6.33 Å². The SMILES string of the molecule is CCOc1ccc([C@H]2C[C@H](c3ccc(C)cc3)Nc3ncnn32)cc1. The number of nitrogens with zero attached hydrogens (tertiary/aromatic N) is 3. The molecular formula is C20H22N4O. The van der Waals surface area contributed by atoms with Gasteiger partial charge in [-0.3, -0.25) is 0 Å². The van der Waals surface area contributed by atoms with Crippen LogP contribution >= 0.6 is 0 Å². The zero-order valence-electron chi connectivity index (χ0n) is 14.5. The van der Waals surface area contributed by atoms with Gasteiger partial charge in [-0.1, -0.05) is 42.0 Å². The fourth-order valence-corrected chi connectivity index (χ4v) is 3.37. The highest BCUT2D eigenvalue weighted by Crippen LogP contribution is 2.37. The van der Waals surface area contributed by atoms with Crippen LogP contribution in [0.4, 0.5) is 5.95 Å². The van der Waals surface area contributed by atoms with Crippen molar-refractivity contribution in [3.63, 3.8) is 0 Å². The zero-order valence-corrected chi connectivity index (χ0v) is 14.5. The van der Waals surface area contributed by atoms with Crippen LogP contribution in [0.5, 0.6) is 5.75 Å². The predicted octanol–water partition coefficient (Wildman–Crippen LogP) is 4.13. The summed E-state index contributed by atoms with van der Waals surface area (Å²) in [7, 11) is 0. The lowest BCUT2D eigenvalue weighted by atomic mass is 9.93. The molecule has 5 nitrogen and oxygen atoms in total. The molecule has 0 unspecified atom stereocenters. The van der Waals surface area contributed by atoms with E-state index in [9.17, 15) is 0 Å². The lowest BCUT2D eigenvalue weighted by Gasteiger charge is -2.32. The van der Waals surface area contributed by atoms with E-state index in [1.165, 1.54) is 16.7 Å².